The molecule has 0 amide bonds. The van der Waals surface area contributed by atoms with Crippen LogP contribution in [-0.2, 0) is 25.7 Å². The number of rotatable bonds is 32. The molecule has 0 aliphatic rings. The molecule has 0 heterocycles. The van der Waals surface area contributed by atoms with Crippen molar-refractivity contribution in [3.8, 4) is 0 Å². The van der Waals surface area contributed by atoms with E-state index >= 15 is 0 Å². The summed E-state index contributed by atoms with van der Waals surface area (Å²) in [5, 5.41) is 0. The van der Waals surface area contributed by atoms with E-state index < -0.39 is 0 Å². The van der Waals surface area contributed by atoms with Gasteiger partial charge in [0.1, 0.15) is 0 Å². The highest BCUT2D eigenvalue weighted by molar-refractivity contribution is 5.40. The van der Waals surface area contributed by atoms with Crippen LogP contribution in [0.3, 0.4) is 0 Å². The van der Waals surface area contributed by atoms with Gasteiger partial charge in [0.2, 0.25) is 0 Å². The minimum Gasteiger partial charge on any atom is -0.0654 e. The van der Waals surface area contributed by atoms with Gasteiger partial charge in [-0.05, 0) is 67.2 Å². The van der Waals surface area contributed by atoms with Crippen LogP contribution in [0.1, 0.15) is 230 Å². The fraction of sp³-hybridized carbons (Fsp3) is 0.857. The van der Waals surface area contributed by atoms with Crippen molar-refractivity contribution in [2.75, 3.05) is 0 Å². The predicted molar refractivity (Wildman–Crippen MR) is 193 cm³/mol. The number of aryl methyl sites for hydroxylation is 3. The average Bonchev–Trinajstić information content (AvgIpc) is 2.99. The molecular formula is C42H78. The van der Waals surface area contributed by atoms with Gasteiger partial charge in [0, 0.05) is 0 Å². The van der Waals surface area contributed by atoms with Crippen LogP contribution < -0.4 is 0 Å². The van der Waals surface area contributed by atoms with E-state index in [1.807, 2.05) is 0 Å². The zero-order chi connectivity index (χ0) is 30.4. The summed E-state index contributed by atoms with van der Waals surface area (Å²) in [6.45, 7) is 9.32. The van der Waals surface area contributed by atoms with Gasteiger partial charge in [0.15, 0.2) is 0 Å². The number of hydrogen-bond donors (Lipinski definition) is 0. The first-order valence-corrected chi connectivity index (χ1v) is 19.9. The monoisotopic (exact) mass is 583 g/mol. The molecule has 0 bridgehead atoms. The molecule has 42 heavy (non-hydrogen) atoms. The third-order valence-corrected chi connectivity index (χ3v) is 9.66. The first-order chi connectivity index (χ1) is 20.8. The summed E-state index contributed by atoms with van der Waals surface area (Å²) in [5.74, 6) is 0. The van der Waals surface area contributed by atoms with E-state index in [1.165, 1.54) is 205 Å². The summed E-state index contributed by atoms with van der Waals surface area (Å²) in [7, 11) is 0. The normalized spacial score (nSPS) is 11.5. The lowest BCUT2D eigenvalue weighted by atomic mass is 9.87. The predicted octanol–water partition coefficient (Wildman–Crippen LogP) is 14.9. The molecule has 246 valence electrons. The van der Waals surface area contributed by atoms with Gasteiger partial charge in [-0.2, -0.15) is 0 Å². The highest BCUT2D eigenvalue weighted by atomic mass is 14.2. The van der Waals surface area contributed by atoms with Crippen LogP contribution in [0, 0.1) is 0 Å². The van der Waals surface area contributed by atoms with Gasteiger partial charge in [-0.1, -0.05) is 200 Å². The SMILES string of the molecule is CCCCCCCCCCCc1cc(CCC)cc(CCCCCCCCCCC)c1CCCCCCCCCCC. The minimum atomic E-state index is 1.26. The van der Waals surface area contributed by atoms with E-state index in [9.17, 15) is 0 Å². The highest BCUT2D eigenvalue weighted by Gasteiger charge is 2.12. The Morgan fingerprint density at radius 1 is 0.286 bits per heavy atom. The molecule has 1 rings (SSSR count). The summed E-state index contributed by atoms with van der Waals surface area (Å²) in [5.41, 5.74) is 6.91. The Bertz CT molecular complexity index is 642. The van der Waals surface area contributed by atoms with E-state index in [-0.39, 0.29) is 0 Å². The van der Waals surface area contributed by atoms with Crippen LogP contribution in [0.5, 0.6) is 0 Å². The summed E-state index contributed by atoms with van der Waals surface area (Å²) in [4.78, 5) is 0. The van der Waals surface area contributed by atoms with E-state index in [0.29, 0.717) is 0 Å². The van der Waals surface area contributed by atoms with Gasteiger partial charge in [-0.3, -0.25) is 0 Å². The van der Waals surface area contributed by atoms with Crippen molar-refractivity contribution in [2.24, 2.45) is 0 Å². The first kappa shape index (κ1) is 39.2. The number of hydrogen-bond acceptors (Lipinski definition) is 0. The van der Waals surface area contributed by atoms with Crippen LogP contribution >= 0.6 is 0 Å². The molecule has 0 N–H and O–H groups in total. The van der Waals surface area contributed by atoms with E-state index in [4.69, 9.17) is 0 Å². The van der Waals surface area contributed by atoms with E-state index in [2.05, 4.69) is 39.8 Å². The molecule has 0 saturated heterocycles. The second-order valence-electron chi connectivity index (χ2n) is 13.9. The Labute approximate surface area is 267 Å². The van der Waals surface area contributed by atoms with Crippen LogP contribution in [0.15, 0.2) is 12.1 Å². The summed E-state index contributed by atoms with van der Waals surface area (Å²) >= 11 is 0. The molecule has 0 aliphatic heterocycles. The van der Waals surface area contributed by atoms with Gasteiger partial charge < -0.3 is 0 Å². The molecule has 0 spiro atoms. The molecule has 0 radical (unpaired) electrons. The van der Waals surface area contributed by atoms with Crippen LogP contribution in [0.2, 0.25) is 0 Å². The van der Waals surface area contributed by atoms with Gasteiger partial charge in [-0.25, -0.2) is 0 Å². The molecule has 0 atom stereocenters. The molecule has 0 heteroatoms. The summed E-state index contributed by atoms with van der Waals surface area (Å²) in [6.07, 6.45) is 45.1. The fourth-order valence-electron chi connectivity index (χ4n) is 6.93. The third kappa shape index (κ3) is 21.8. The fourth-order valence-corrected chi connectivity index (χ4v) is 6.93. The Morgan fingerprint density at radius 2 is 0.571 bits per heavy atom. The van der Waals surface area contributed by atoms with Crippen molar-refractivity contribution in [1.82, 2.24) is 0 Å². The molecule has 1 aromatic rings. The standard InChI is InChI=1S/C42H78/c1-5-9-12-15-18-21-24-27-30-34-40-37-39(33-8-4)38-41(35-31-28-25-22-19-16-13-10-6-2)42(40)36-32-29-26-23-20-17-14-11-7-3/h37-38H,5-36H2,1-4H3. The van der Waals surface area contributed by atoms with Crippen LogP contribution in [0.25, 0.3) is 0 Å². The van der Waals surface area contributed by atoms with E-state index in [0.717, 1.165) is 0 Å². The zero-order valence-corrected chi connectivity index (χ0v) is 29.8. The molecule has 1 aromatic carbocycles. The molecule has 0 nitrogen and oxygen atoms in total. The largest absolute Gasteiger partial charge is 0.0654 e. The van der Waals surface area contributed by atoms with Crippen molar-refractivity contribution in [3.05, 3.63) is 34.4 Å². The Balaban J connectivity index is 2.66. The van der Waals surface area contributed by atoms with Gasteiger partial charge in [0.05, 0.1) is 0 Å². The summed E-state index contributed by atoms with van der Waals surface area (Å²) in [6, 6.07) is 5.30. The summed E-state index contributed by atoms with van der Waals surface area (Å²) < 4.78 is 0. The van der Waals surface area contributed by atoms with Gasteiger partial charge in [0.25, 0.3) is 0 Å². The smallest absolute Gasteiger partial charge is 0.0273 e. The average molecular weight is 583 g/mol. The lowest BCUT2D eigenvalue weighted by Crippen LogP contribution is -2.04. The highest BCUT2D eigenvalue weighted by Crippen LogP contribution is 2.26. The van der Waals surface area contributed by atoms with E-state index in [1.54, 1.807) is 22.3 Å². The van der Waals surface area contributed by atoms with Crippen molar-refractivity contribution in [3.63, 3.8) is 0 Å². The van der Waals surface area contributed by atoms with Crippen molar-refractivity contribution < 1.29 is 0 Å². The van der Waals surface area contributed by atoms with Crippen molar-refractivity contribution in [2.45, 2.75) is 233 Å². The van der Waals surface area contributed by atoms with Crippen molar-refractivity contribution in [1.29, 1.82) is 0 Å². The maximum atomic E-state index is 2.65. The maximum absolute atomic E-state index is 2.65. The Kier molecular flexibility index (Phi) is 28.3. The van der Waals surface area contributed by atoms with Crippen molar-refractivity contribution >= 4 is 0 Å². The van der Waals surface area contributed by atoms with Crippen LogP contribution in [0.4, 0.5) is 0 Å². The second-order valence-corrected chi connectivity index (χ2v) is 13.9. The Hall–Kier alpha value is -0.780. The van der Waals surface area contributed by atoms with Crippen LogP contribution in [-0.4, -0.2) is 0 Å². The maximum Gasteiger partial charge on any atom is -0.0273 e. The van der Waals surface area contributed by atoms with Gasteiger partial charge >= 0.3 is 0 Å². The van der Waals surface area contributed by atoms with Gasteiger partial charge in [-0.15, -0.1) is 0 Å². The molecule has 0 saturated carbocycles. The molecular weight excluding hydrogens is 504 g/mol. The second kappa shape index (κ2) is 30.3. The molecule has 0 aliphatic carbocycles. The molecule has 0 unspecified atom stereocenters. The first-order valence-electron chi connectivity index (χ1n) is 19.9. The number of benzene rings is 1. The number of unbranched alkanes of at least 4 members (excludes halogenated alkanes) is 24. The molecule has 0 fully saturated rings. The molecule has 0 aromatic heterocycles. The Morgan fingerprint density at radius 3 is 0.881 bits per heavy atom. The third-order valence-electron chi connectivity index (χ3n) is 9.66. The topological polar surface area (TPSA) is 0 Å². The zero-order valence-electron chi connectivity index (χ0n) is 29.8. The minimum absolute atomic E-state index is 1.26. The lowest BCUT2D eigenvalue weighted by molar-refractivity contribution is 0.558. The quantitative estimate of drug-likeness (QED) is 0.0741. The lowest BCUT2D eigenvalue weighted by Gasteiger charge is -2.18.